The molecule has 0 amide bonds. The second-order valence-electron chi connectivity index (χ2n) is 9.84. The van der Waals surface area contributed by atoms with Gasteiger partial charge in [0, 0.05) is 12.0 Å². The Hall–Kier alpha value is 0.540. The van der Waals surface area contributed by atoms with Crippen molar-refractivity contribution in [3.8, 4) is 0 Å². The zero-order valence-electron chi connectivity index (χ0n) is 17.8. The number of rotatable bonds is 7. The first-order chi connectivity index (χ1) is 12.6. The lowest BCUT2D eigenvalue weighted by atomic mass is 9.87. The van der Waals surface area contributed by atoms with E-state index in [0.29, 0.717) is 12.8 Å². The first kappa shape index (κ1) is 24.8. The molecule has 7 unspecified atom stereocenters. The molecule has 0 spiro atoms. The summed E-state index contributed by atoms with van der Waals surface area (Å²) in [4.78, 5) is 10.6. The van der Waals surface area contributed by atoms with E-state index in [9.17, 15) is 4.89 Å². The standard InChI is InChI=1S/C18H33B2O6PS/c1-17(2,3)9-13-12(8-16(20)23-13)26-27(21,28)22-10-14-11(7-15(19)24-14)25-18(4,5)6/h11-16H,7-10H2,1-6H3,(H,21,28). The summed E-state index contributed by atoms with van der Waals surface area (Å²) in [7, 11) is 11.8. The zero-order valence-corrected chi connectivity index (χ0v) is 19.5. The SMILES string of the molecule is [B]C1CC(OC(C)(C)C)C(COP(O)(=S)OC2CC([B])OC2CC(C)(C)C)O1. The van der Waals surface area contributed by atoms with Crippen molar-refractivity contribution < 1.29 is 28.2 Å². The van der Waals surface area contributed by atoms with Gasteiger partial charge in [-0.2, -0.15) is 0 Å². The van der Waals surface area contributed by atoms with E-state index in [4.69, 9.17) is 50.8 Å². The van der Waals surface area contributed by atoms with Crippen LogP contribution in [0.3, 0.4) is 0 Å². The Balaban J connectivity index is 1.92. The largest absolute Gasteiger partial charge is 0.382 e. The molecule has 28 heavy (non-hydrogen) atoms. The van der Waals surface area contributed by atoms with Crippen molar-refractivity contribution in [2.75, 3.05) is 6.61 Å². The molecule has 2 saturated heterocycles. The van der Waals surface area contributed by atoms with E-state index in [2.05, 4.69) is 20.8 Å². The fraction of sp³-hybridized carbons (Fsp3) is 1.00. The molecule has 7 atom stereocenters. The van der Waals surface area contributed by atoms with Gasteiger partial charge in [0.05, 0.1) is 30.5 Å². The molecule has 6 nitrogen and oxygen atoms in total. The Morgan fingerprint density at radius 1 is 1.00 bits per heavy atom. The van der Waals surface area contributed by atoms with Gasteiger partial charge < -0.3 is 28.2 Å². The van der Waals surface area contributed by atoms with Crippen LogP contribution in [0.5, 0.6) is 0 Å². The van der Waals surface area contributed by atoms with Crippen LogP contribution in [-0.4, -0.2) is 69.2 Å². The third kappa shape index (κ3) is 8.35. The first-order valence-corrected chi connectivity index (χ1v) is 12.4. The Morgan fingerprint density at radius 3 is 2.07 bits per heavy atom. The Morgan fingerprint density at radius 2 is 1.54 bits per heavy atom. The van der Waals surface area contributed by atoms with Crippen molar-refractivity contribution in [3.05, 3.63) is 0 Å². The molecule has 0 bridgehead atoms. The molecule has 2 aliphatic rings. The zero-order chi connectivity index (χ0) is 21.3. The van der Waals surface area contributed by atoms with Crippen LogP contribution in [0, 0.1) is 5.41 Å². The second kappa shape index (κ2) is 9.35. The van der Waals surface area contributed by atoms with Crippen molar-refractivity contribution in [2.24, 2.45) is 5.41 Å². The average molecular weight is 430 g/mol. The molecule has 2 fully saturated rings. The predicted octanol–water partition coefficient (Wildman–Crippen LogP) is 2.79. The van der Waals surface area contributed by atoms with E-state index in [-0.39, 0.29) is 29.8 Å². The van der Waals surface area contributed by atoms with Crippen molar-refractivity contribution in [2.45, 2.75) is 103 Å². The van der Waals surface area contributed by atoms with Crippen LogP contribution in [0.1, 0.15) is 60.8 Å². The number of hydrogen-bond acceptors (Lipinski definition) is 6. The molecule has 0 aliphatic carbocycles. The van der Waals surface area contributed by atoms with E-state index in [1.54, 1.807) is 0 Å². The lowest BCUT2D eigenvalue weighted by Crippen LogP contribution is -2.35. The van der Waals surface area contributed by atoms with Crippen LogP contribution in [0.25, 0.3) is 0 Å². The summed E-state index contributed by atoms with van der Waals surface area (Å²) in [6.07, 6.45) is 0.465. The van der Waals surface area contributed by atoms with Crippen LogP contribution in [0.2, 0.25) is 0 Å². The van der Waals surface area contributed by atoms with E-state index in [1.807, 2.05) is 20.8 Å². The maximum absolute atomic E-state index is 10.6. The van der Waals surface area contributed by atoms with Crippen LogP contribution in [0.4, 0.5) is 0 Å². The van der Waals surface area contributed by atoms with Crippen LogP contribution in [0.15, 0.2) is 0 Å². The fourth-order valence-electron chi connectivity index (χ4n) is 3.48. The lowest BCUT2D eigenvalue weighted by Gasteiger charge is -2.30. The molecule has 1 N–H and O–H groups in total. The van der Waals surface area contributed by atoms with Crippen LogP contribution >= 0.6 is 6.72 Å². The van der Waals surface area contributed by atoms with Crippen molar-refractivity contribution in [1.29, 1.82) is 0 Å². The molecule has 2 aliphatic heterocycles. The lowest BCUT2D eigenvalue weighted by molar-refractivity contribution is -0.0981. The van der Waals surface area contributed by atoms with Gasteiger partial charge in [-0.3, -0.25) is 0 Å². The van der Waals surface area contributed by atoms with Gasteiger partial charge in [0.1, 0.15) is 21.8 Å². The Labute approximate surface area is 177 Å². The second-order valence-corrected chi connectivity index (χ2v) is 12.6. The van der Waals surface area contributed by atoms with E-state index in [1.165, 1.54) is 0 Å². The van der Waals surface area contributed by atoms with Crippen molar-refractivity contribution in [3.63, 3.8) is 0 Å². The van der Waals surface area contributed by atoms with Gasteiger partial charge in [-0.05, 0) is 57.3 Å². The molecule has 0 aromatic carbocycles. The minimum atomic E-state index is -3.50. The van der Waals surface area contributed by atoms with Gasteiger partial charge >= 0.3 is 6.72 Å². The van der Waals surface area contributed by atoms with Crippen molar-refractivity contribution in [1.82, 2.24) is 0 Å². The molecule has 0 aromatic rings. The van der Waals surface area contributed by atoms with E-state index in [0.717, 1.165) is 6.42 Å². The summed E-state index contributed by atoms with van der Waals surface area (Å²) in [6.45, 7) is 8.77. The number of hydrogen-bond donors (Lipinski definition) is 1. The summed E-state index contributed by atoms with van der Waals surface area (Å²) < 4.78 is 28.8. The molecule has 0 aromatic heterocycles. The van der Waals surface area contributed by atoms with Gasteiger partial charge in [0.2, 0.25) is 0 Å². The molecular formula is C18H33B2O6PS. The fourth-order valence-corrected chi connectivity index (χ4v) is 4.96. The summed E-state index contributed by atoms with van der Waals surface area (Å²) in [5.41, 5.74) is -0.315. The molecular weight excluding hydrogens is 397 g/mol. The minimum absolute atomic E-state index is 0.0283. The summed E-state index contributed by atoms with van der Waals surface area (Å²) >= 11 is 5.22. The van der Waals surface area contributed by atoms with E-state index >= 15 is 0 Å². The quantitative estimate of drug-likeness (QED) is 0.493. The van der Waals surface area contributed by atoms with Gasteiger partial charge in [0.15, 0.2) is 0 Å². The third-order valence-corrected chi connectivity index (χ3v) is 6.03. The molecule has 2 rings (SSSR count). The third-order valence-electron chi connectivity index (χ3n) is 4.45. The van der Waals surface area contributed by atoms with Gasteiger partial charge in [0.25, 0.3) is 0 Å². The first-order valence-electron chi connectivity index (χ1n) is 9.79. The topological polar surface area (TPSA) is 66.4 Å². The maximum atomic E-state index is 10.6. The highest BCUT2D eigenvalue weighted by atomic mass is 32.5. The van der Waals surface area contributed by atoms with Gasteiger partial charge in [-0.25, -0.2) is 0 Å². The highest BCUT2D eigenvalue weighted by Crippen LogP contribution is 2.49. The average Bonchev–Trinajstić information content (AvgIpc) is 2.95. The highest BCUT2D eigenvalue weighted by Gasteiger charge is 2.41. The van der Waals surface area contributed by atoms with Gasteiger partial charge in [-0.1, -0.05) is 20.8 Å². The summed E-state index contributed by atoms with van der Waals surface area (Å²) in [5, 5.41) is 0. The smallest absolute Gasteiger partial charge is 0.324 e. The number of ether oxygens (including phenoxy) is 3. The molecule has 4 radical (unpaired) electrons. The summed E-state index contributed by atoms with van der Waals surface area (Å²) in [5.74, 6) is 0. The van der Waals surface area contributed by atoms with Crippen LogP contribution < -0.4 is 0 Å². The maximum Gasteiger partial charge on any atom is 0.324 e. The molecule has 2 heterocycles. The normalized spacial score (nSPS) is 36.5. The molecule has 158 valence electrons. The van der Waals surface area contributed by atoms with Gasteiger partial charge in [-0.15, -0.1) is 0 Å². The monoisotopic (exact) mass is 430 g/mol. The minimum Gasteiger partial charge on any atom is -0.382 e. The molecule has 10 heteroatoms. The Kier molecular flexibility index (Phi) is 8.29. The van der Waals surface area contributed by atoms with E-state index < -0.39 is 30.9 Å². The van der Waals surface area contributed by atoms with Crippen molar-refractivity contribution >= 4 is 34.2 Å². The Bertz CT molecular complexity index is 567. The summed E-state index contributed by atoms with van der Waals surface area (Å²) in [6, 6.07) is -0.871. The predicted molar refractivity (Wildman–Crippen MR) is 114 cm³/mol. The van der Waals surface area contributed by atoms with Crippen LogP contribution in [-0.2, 0) is 35.1 Å². The highest BCUT2D eigenvalue weighted by molar-refractivity contribution is 8.07. The molecule has 0 saturated carbocycles.